The van der Waals surface area contributed by atoms with Gasteiger partial charge in [-0.1, -0.05) is 6.07 Å². The lowest BCUT2D eigenvalue weighted by Gasteiger charge is -2.37. The van der Waals surface area contributed by atoms with E-state index in [4.69, 9.17) is 4.74 Å². The van der Waals surface area contributed by atoms with Gasteiger partial charge in [-0.25, -0.2) is 9.59 Å². The van der Waals surface area contributed by atoms with E-state index >= 15 is 0 Å². The molecule has 0 atom stereocenters. The number of carbonyl (C=O) groups is 2. The fourth-order valence-corrected chi connectivity index (χ4v) is 2.93. The van der Waals surface area contributed by atoms with Crippen LogP contribution in [0.15, 0.2) is 12.1 Å². The Hall–Kier alpha value is -2.24. The summed E-state index contributed by atoms with van der Waals surface area (Å²) >= 11 is 0. The van der Waals surface area contributed by atoms with Crippen molar-refractivity contribution in [2.24, 2.45) is 0 Å². The number of aromatic carboxylic acids is 1. The molecule has 1 N–H and O–H groups in total. The number of amides is 1. The molecule has 0 radical (unpaired) electrons. The van der Waals surface area contributed by atoms with Crippen molar-refractivity contribution in [1.82, 2.24) is 4.90 Å². The van der Waals surface area contributed by atoms with E-state index in [2.05, 4.69) is 0 Å². The van der Waals surface area contributed by atoms with E-state index in [9.17, 15) is 14.7 Å². The predicted octanol–water partition coefficient (Wildman–Crippen LogP) is 3.06. The van der Waals surface area contributed by atoms with Crippen molar-refractivity contribution in [3.63, 3.8) is 0 Å². The number of carboxylic acids is 1. The van der Waals surface area contributed by atoms with E-state index in [0.29, 0.717) is 31.7 Å². The molecule has 6 nitrogen and oxygen atoms in total. The highest BCUT2D eigenvalue weighted by atomic mass is 16.6. The fraction of sp³-hybridized carbons (Fsp3) is 0.556. The van der Waals surface area contributed by atoms with Crippen molar-refractivity contribution in [2.45, 2.75) is 40.2 Å². The summed E-state index contributed by atoms with van der Waals surface area (Å²) in [5.74, 6) is -0.919. The van der Waals surface area contributed by atoms with Gasteiger partial charge in [0.25, 0.3) is 0 Å². The third kappa shape index (κ3) is 4.19. The minimum absolute atomic E-state index is 0.318. The largest absolute Gasteiger partial charge is 0.478 e. The quantitative estimate of drug-likeness (QED) is 0.900. The van der Waals surface area contributed by atoms with E-state index < -0.39 is 11.6 Å². The van der Waals surface area contributed by atoms with Gasteiger partial charge in [0, 0.05) is 26.2 Å². The molecule has 132 valence electrons. The normalized spacial score (nSPS) is 15.4. The molecule has 1 saturated heterocycles. The Balaban J connectivity index is 2.13. The first-order valence-electron chi connectivity index (χ1n) is 8.16. The van der Waals surface area contributed by atoms with Gasteiger partial charge in [0.2, 0.25) is 0 Å². The maximum atomic E-state index is 12.1. The summed E-state index contributed by atoms with van der Waals surface area (Å²) in [7, 11) is 0. The summed E-state index contributed by atoms with van der Waals surface area (Å²) < 4.78 is 5.39. The Bertz CT molecular complexity index is 641. The van der Waals surface area contributed by atoms with Gasteiger partial charge in [0.1, 0.15) is 5.60 Å². The van der Waals surface area contributed by atoms with Gasteiger partial charge in [-0.2, -0.15) is 0 Å². The number of nitrogens with zero attached hydrogens (tertiary/aromatic N) is 2. The molecule has 2 rings (SSSR count). The standard InChI is InChI=1S/C18H26N2O4/c1-12-10-13(2)15(16(21)22)14(11-12)19-6-8-20(9-7-19)17(23)24-18(3,4)5/h10-11H,6-9H2,1-5H3,(H,21,22). The van der Waals surface area contributed by atoms with Crippen molar-refractivity contribution >= 4 is 17.7 Å². The van der Waals surface area contributed by atoms with Crippen LogP contribution in [0.2, 0.25) is 0 Å². The number of anilines is 1. The van der Waals surface area contributed by atoms with E-state index in [1.54, 1.807) is 4.90 Å². The number of hydrogen-bond acceptors (Lipinski definition) is 4. The summed E-state index contributed by atoms with van der Waals surface area (Å²) in [5.41, 5.74) is 2.34. The topological polar surface area (TPSA) is 70.1 Å². The first-order valence-corrected chi connectivity index (χ1v) is 8.16. The zero-order valence-corrected chi connectivity index (χ0v) is 15.0. The van der Waals surface area contributed by atoms with Crippen LogP contribution in [0.4, 0.5) is 10.5 Å². The van der Waals surface area contributed by atoms with Gasteiger partial charge < -0.3 is 19.6 Å². The Morgan fingerprint density at radius 3 is 2.17 bits per heavy atom. The Labute approximate surface area is 143 Å². The van der Waals surface area contributed by atoms with Gasteiger partial charge in [0.05, 0.1) is 11.3 Å². The first kappa shape index (κ1) is 18.1. The predicted molar refractivity (Wildman–Crippen MR) is 92.9 cm³/mol. The molecule has 1 fully saturated rings. The van der Waals surface area contributed by atoms with Gasteiger partial charge in [-0.05, 0) is 51.8 Å². The lowest BCUT2D eigenvalue weighted by atomic mass is 10.0. The molecule has 1 aliphatic rings. The van der Waals surface area contributed by atoms with Gasteiger partial charge in [-0.3, -0.25) is 0 Å². The number of carboxylic acid groups (broad SMARTS) is 1. The minimum atomic E-state index is -0.919. The number of carbonyl (C=O) groups excluding carboxylic acids is 1. The van der Waals surface area contributed by atoms with Crippen molar-refractivity contribution in [1.29, 1.82) is 0 Å². The monoisotopic (exact) mass is 334 g/mol. The molecule has 24 heavy (non-hydrogen) atoms. The van der Waals surface area contributed by atoms with E-state index in [1.807, 2.05) is 51.7 Å². The number of piperazine rings is 1. The molecular formula is C18H26N2O4. The second kappa shape index (κ2) is 6.71. The number of hydrogen-bond donors (Lipinski definition) is 1. The second-order valence-electron chi connectivity index (χ2n) is 7.24. The molecule has 0 unspecified atom stereocenters. The number of rotatable bonds is 2. The molecule has 1 aromatic carbocycles. The van der Waals surface area contributed by atoms with Gasteiger partial charge >= 0.3 is 12.1 Å². The first-order chi connectivity index (χ1) is 11.1. The lowest BCUT2D eigenvalue weighted by Crippen LogP contribution is -2.50. The zero-order valence-electron chi connectivity index (χ0n) is 15.0. The minimum Gasteiger partial charge on any atom is -0.478 e. The average Bonchev–Trinajstić information content (AvgIpc) is 2.44. The highest BCUT2D eigenvalue weighted by molar-refractivity contribution is 5.96. The molecule has 0 aromatic heterocycles. The summed E-state index contributed by atoms with van der Waals surface area (Å²) in [5, 5.41) is 9.52. The second-order valence-corrected chi connectivity index (χ2v) is 7.24. The third-order valence-corrected chi connectivity index (χ3v) is 3.94. The van der Waals surface area contributed by atoms with Crippen LogP contribution in [0.5, 0.6) is 0 Å². The average molecular weight is 334 g/mol. The summed E-state index contributed by atoms with van der Waals surface area (Å²) in [4.78, 5) is 27.4. The van der Waals surface area contributed by atoms with Crippen molar-refractivity contribution in [3.05, 3.63) is 28.8 Å². The van der Waals surface area contributed by atoms with Crippen LogP contribution in [0.25, 0.3) is 0 Å². The van der Waals surface area contributed by atoms with E-state index in [1.165, 1.54) is 0 Å². The third-order valence-electron chi connectivity index (χ3n) is 3.94. The molecule has 1 amide bonds. The summed E-state index contributed by atoms with van der Waals surface area (Å²) in [6.07, 6.45) is -0.318. The van der Waals surface area contributed by atoms with Gasteiger partial charge in [0.15, 0.2) is 0 Å². The van der Waals surface area contributed by atoms with Crippen LogP contribution in [0.3, 0.4) is 0 Å². The van der Waals surface area contributed by atoms with Crippen molar-refractivity contribution in [2.75, 3.05) is 31.1 Å². The van der Waals surface area contributed by atoms with Crippen molar-refractivity contribution in [3.8, 4) is 0 Å². The maximum absolute atomic E-state index is 12.1. The molecule has 1 heterocycles. The maximum Gasteiger partial charge on any atom is 0.410 e. The zero-order chi connectivity index (χ0) is 18.1. The summed E-state index contributed by atoms with van der Waals surface area (Å²) in [6.45, 7) is 11.5. The molecule has 0 bridgehead atoms. The van der Waals surface area contributed by atoms with Crippen LogP contribution in [0, 0.1) is 13.8 Å². The molecule has 0 spiro atoms. The summed E-state index contributed by atoms with van der Waals surface area (Å²) in [6, 6.07) is 3.78. The Morgan fingerprint density at radius 2 is 1.67 bits per heavy atom. The number of benzene rings is 1. The van der Waals surface area contributed by atoms with Crippen LogP contribution < -0.4 is 4.90 Å². The highest BCUT2D eigenvalue weighted by Crippen LogP contribution is 2.27. The highest BCUT2D eigenvalue weighted by Gasteiger charge is 2.28. The van der Waals surface area contributed by atoms with Crippen LogP contribution in [-0.4, -0.2) is 53.8 Å². The van der Waals surface area contributed by atoms with E-state index in [-0.39, 0.29) is 6.09 Å². The molecule has 1 aromatic rings. The molecule has 6 heteroatoms. The van der Waals surface area contributed by atoms with Crippen LogP contribution in [0.1, 0.15) is 42.3 Å². The van der Waals surface area contributed by atoms with E-state index in [0.717, 1.165) is 16.8 Å². The van der Waals surface area contributed by atoms with Crippen molar-refractivity contribution < 1.29 is 19.4 Å². The number of aryl methyl sites for hydroxylation is 2. The van der Waals surface area contributed by atoms with Crippen LogP contribution >= 0.6 is 0 Å². The molecule has 0 aliphatic carbocycles. The molecular weight excluding hydrogens is 308 g/mol. The Morgan fingerprint density at radius 1 is 1.08 bits per heavy atom. The van der Waals surface area contributed by atoms with Gasteiger partial charge in [-0.15, -0.1) is 0 Å². The number of ether oxygens (including phenoxy) is 1. The fourth-order valence-electron chi connectivity index (χ4n) is 2.93. The lowest BCUT2D eigenvalue weighted by molar-refractivity contribution is 0.0240. The molecule has 1 aliphatic heterocycles. The molecule has 0 saturated carbocycles. The SMILES string of the molecule is Cc1cc(C)c(C(=O)O)c(N2CCN(C(=O)OC(C)(C)C)CC2)c1. The Kier molecular flexibility index (Phi) is 5.06. The smallest absolute Gasteiger partial charge is 0.410 e. The van der Waals surface area contributed by atoms with Crippen LogP contribution in [-0.2, 0) is 4.74 Å².